The molecule has 2 aliphatic heterocycles. The van der Waals surface area contributed by atoms with Gasteiger partial charge < -0.3 is 9.64 Å². The number of amides is 1. The molecule has 0 aliphatic carbocycles. The first-order valence-electron chi connectivity index (χ1n) is 10.4. The van der Waals surface area contributed by atoms with Gasteiger partial charge in [-0.3, -0.25) is 14.6 Å². The number of hydrogen-bond donors (Lipinski definition) is 0. The first-order valence-corrected chi connectivity index (χ1v) is 10.7. The molecule has 2 aromatic carbocycles. The van der Waals surface area contributed by atoms with E-state index in [1.165, 1.54) is 5.56 Å². The molecule has 2 aliphatic rings. The number of anilines is 1. The maximum atomic E-state index is 13.1. The second kappa shape index (κ2) is 9.16. The molecule has 0 bridgehead atoms. The second-order valence-electron chi connectivity index (χ2n) is 7.72. The Bertz CT molecular complexity index is 834. The average Bonchev–Trinajstić information content (AvgIpc) is 3.19. The SMILES string of the molecule is C[C@@H](C(=O)N1CCc2ccccc21)N1CCN(CCOc2ccc(Cl)cc2)CC1. The monoisotopic (exact) mass is 413 g/mol. The van der Waals surface area contributed by atoms with E-state index >= 15 is 0 Å². The molecule has 2 aromatic rings. The number of fused-ring (bicyclic) bond motifs is 1. The van der Waals surface area contributed by atoms with Crippen molar-refractivity contribution in [2.45, 2.75) is 19.4 Å². The molecule has 5 nitrogen and oxygen atoms in total. The number of benzene rings is 2. The van der Waals surface area contributed by atoms with Crippen molar-refractivity contribution in [3.05, 3.63) is 59.1 Å². The van der Waals surface area contributed by atoms with Gasteiger partial charge in [-0.15, -0.1) is 0 Å². The summed E-state index contributed by atoms with van der Waals surface area (Å²) in [6, 6.07) is 15.6. The van der Waals surface area contributed by atoms with Crippen molar-refractivity contribution >= 4 is 23.2 Å². The largest absolute Gasteiger partial charge is 0.492 e. The molecule has 1 fully saturated rings. The summed E-state index contributed by atoms with van der Waals surface area (Å²) in [5.74, 6) is 1.06. The van der Waals surface area contributed by atoms with E-state index < -0.39 is 0 Å². The summed E-state index contributed by atoms with van der Waals surface area (Å²) in [6.07, 6.45) is 0.954. The molecule has 4 rings (SSSR count). The zero-order chi connectivity index (χ0) is 20.2. The van der Waals surface area contributed by atoms with Gasteiger partial charge in [-0.2, -0.15) is 0 Å². The van der Waals surface area contributed by atoms with E-state index in [0.717, 1.165) is 62.1 Å². The minimum Gasteiger partial charge on any atom is -0.492 e. The molecule has 154 valence electrons. The lowest BCUT2D eigenvalue weighted by atomic mass is 10.1. The van der Waals surface area contributed by atoms with Gasteiger partial charge in [0, 0.05) is 50.0 Å². The Hall–Kier alpha value is -2.08. The van der Waals surface area contributed by atoms with E-state index in [2.05, 4.69) is 21.9 Å². The number of piperazine rings is 1. The summed E-state index contributed by atoms with van der Waals surface area (Å²) in [6.45, 7) is 8.11. The van der Waals surface area contributed by atoms with Crippen molar-refractivity contribution in [1.82, 2.24) is 9.80 Å². The molecule has 2 heterocycles. The quantitative estimate of drug-likeness (QED) is 0.727. The van der Waals surface area contributed by atoms with Crippen molar-refractivity contribution in [2.75, 3.05) is 50.8 Å². The fourth-order valence-corrected chi connectivity index (χ4v) is 4.27. The molecular formula is C23H28ClN3O2. The first kappa shape index (κ1) is 20.2. The second-order valence-corrected chi connectivity index (χ2v) is 8.16. The van der Waals surface area contributed by atoms with Crippen molar-refractivity contribution < 1.29 is 9.53 Å². The highest BCUT2D eigenvalue weighted by Crippen LogP contribution is 2.28. The number of halogens is 1. The van der Waals surface area contributed by atoms with Gasteiger partial charge >= 0.3 is 0 Å². The zero-order valence-electron chi connectivity index (χ0n) is 16.9. The van der Waals surface area contributed by atoms with Crippen LogP contribution in [0.25, 0.3) is 0 Å². The molecule has 0 spiro atoms. The van der Waals surface area contributed by atoms with E-state index in [-0.39, 0.29) is 11.9 Å². The highest BCUT2D eigenvalue weighted by Gasteiger charge is 2.32. The van der Waals surface area contributed by atoms with Crippen LogP contribution in [0.5, 0.6) is 5.75 Å². The molecule has 0 saturated carbocycles. The van der Waals surface area contributed by atoms with Crippen molar-refractivity contribution in [3.8, 4) is 5.75 Å². The van der Waals surface area contributed by atoms with Crippen molar-refractivity contribution in [3.63, 3.8) is 0 Å². The summed E-state index contributed by atoms with van der Waals surface area (Å²) < 4.78 is 5.80. The highest BCUT2D eigenvalue weighted by molar-refractivity contribution is 6.30. The van der Waals surface area contributed by atoms with E-state index in [4.69, 9.17) is 16.3 Å². The Balaban J connectivity index is 1.23. The lowest BCUT2D eigenvalue weighted by molar-refractivity contribution is -0.123. The van der Waals surface area contributed by atoms with Crippen molar-refractivity contribution in [1.29, 1.82) is 0 Å². The lowest BCUT2D eigenvalue weighted by Gasteiger charge is -2.38. The van der Waals surface area contributed by atoms with Gasteiger partial charge in [0.05, 0.1) is 6.04 Å². The van der Waals surface area contributed by atoms with Crippen LogP contribution in [0.1, 0.15) is 12.5 Å². The summed E-state index contributed by atoms with van der Waals surface area (Å²) >= 11 is 5.90. The van der Waals surface area contributed by atoms with Crippen LogP contribution in [0.3, 0.4) is 0 Å². The molecule has 1 atom stereocenters. The van der Waals surface area contributed by atoms with Crippen LogP contribution in [0.15, 0.2) is 48.5 Å². The molecule has 29 heavy (non-hydrogen) atoms. The topological polar surface area (TPSA) is 36.0 Å². The summed E-state index contributed by atoms with van der Waals surface area (Å²) in [5.41, 5.74) is 2.36. The van der Waals surface area contributed by atoms with Crippen molar-refractivity contribution in [2.24, 2.45) is 0 Å². The Morgan fingerprint density at radius 2 is 1.76 bits per heavy atom. The minimum absolute atomic E-state index is 0.0892. The van der Waals surface area contributed by atoms with Gasteiger partial charge in [-0.25, -0.2) is 0 Å². The predicted octanol–water partition coefficient (Wildman–Crippen LogP) is 3.31. The Morgan fingerprint density at radius 3 is 2.52 bits per heavy atom. The number of para-hydroxylation sites is 1. The Labute approximate surface area is 177 Å². The molecular weight excluding hydrogens is 386 g/mol. The molecule has 0 N–H and O–H groups in total. The van der Waals surface area contributed by atoms with Crippen LogP contribution < -0.4 is 9.64 Å². The highest BCUT2D eigenvalue weighted by atomic mass is 35.5. The summed E-state index contributed by atoms with van der Waals surface area (Å²) in [4.78, 5) is 19.8. The van der Waals surface area contributed by atoms with Gasteiger partial charge in [-0.1, -0.05) is 29.8 Å². The predicted molar refractivity (Wildman–Crippen MR) is 117 cm³/mol. The van der Waals surface area contributed by atoms with E-state index in [9.17, 15) is 4.79 Å². The number of carbonyl (C=O) groups excluding carboxylic acids is 1. The van der Waals surface area contributed by atoms with Crippen LogP contribution in [0.4, 0.5) is 5.69 Å². The normalized spacial score (nSPS) is 18.5. The molecule has 1 amide bonds. The number of ether oxygens (including phenoxy) is 1. The standard InChI is InChI=1S/C23H28ClN3O2/c1-18(23(28)27-11-10-19-4-2-3-5-22(19)27)26-14-12-25(13-15-26)16-17-29-21-8-6-20(24)7-9-21/h2-9,18H,10-17H2,1H3/t18-/m0/s1. The minimum atomic E-state index is -0.0892. The lowest BCUT2D eigenvalue weighted by Crippen LogP contribution is -2.54. The molecule has 0 unspecified atom stereocenters. The Kier molecular flexibility index (Phi) is 6.38. The smallest absolute Gasteiger partial charge is 0.244 e. The number of rotatable bonds is 6. The summed E-state index contributed by atoms with van der Waals surface area (Å²) in [7, 11) is 0. The van der Waals surface area contributed by atoms with Crippen LogP contribution in [-0.4, -0.2) is 67.6 Å². The van der Waals surface area contributed by atoms with Gasteiger partial charge in [0.2, 0.25) is 5.91 Å². The number of carbonyl (C=O) groups is 1. The fraction of sp³-hybridized carbons (Fsp3) is 0.435. The van der Waals surface area contributed by atoms with Crippen LogP contribution in [0.2, 0.25) is 5.02 Å². The molecule has 1 saturated heterocycles. The maximum absolute atomic E-state index is 13.1. The summed E-state index contributed by atoms with van der Waals surface area (Å²) in [5, 5.41) is 0.717. The molecule has 6 heteroatoms. The van der Waals surface area contributed by atoms with E-state index in [0.29, 0.717) is 6.61 Å². The van der Waals surface area contributed by atoms with Crippen LogP contribution in [-0.2, 0) is 11.2 Å². The fourth-order valence-electron chi connectivity index (χ4n) is 4.15. The first-order chi connectivity index (χ1) is 14.1. The van der Waals surface area contributed by atoms with Gasteiger partial charge in [0.15, 0.2) is 0 Å². The third-order valence-electron chi connectivity index (χ3n) is 5.96. The maximum Gasteiger partial charge on any atom is 0.244 e. The zero-order valence-corrected chi connectivity index (χ0v) is 17.6. The third kappa shape index (κ3) is 4.74. The van der Waals surface area contributed by atoms with Crippen LogP contribution >= 0.6 is 11.6 Å². The molecule has 0 aromatic heterocycles. The molecule has 0 radical (unpaired) electrons. The number of hydrogen-bond acceptors (Lipinski definition) is 4. The van der Waals surface area contributed by atoms with Gasteiger partial charge in [0.1, 0.15) is 12.4 Å². The number of nitrogens with zero attached hydrogens (tertiary/aromatic N) is 3. The van der Waals surface area contributed by atoms with E-state index in [1.807, 2.05) is 48.2 Å². The van der Waals surface area contributed by atoms with Gasteiger partial charge in [0.25, 0.3) is 0 Å². The van der Waals surface area contributed by atoms with E-state index in [1.54, 1.807) is 0 Å². The Morgan fingerprint density at radius 1 is 1.03 bits per heavy atom. The van der Waals surface area contributed by atoms with Crippen LogP contribution in [0, 0.1) is 0 Å². The van der Waals surface area contributed by atoms with Gasteiger partial charge in [-0.05, 0) is 49.2 Å². The average molecular weight is 414 g/mol. The third-order valence-corrected chi connectivity index (χ3v) is 6.21.